The van der Waals surface area contributed by atoms with Crippen molar-refractivity contribution in [2.75, 3.05) is 11.5 Å². The summed E-state index contributed by atoms with van der Waals surface area (Å²) in [6.45, 7) is 5.70. The number of rotatable bonds is 7. The second kappa shape index (κ2) is 7.86. The Bertz CT molecular complexity index is 121. The van der Waals surface area contributed by atoms with Crippen LogP contribution in [0.5, 0.6) is 0 Å². The number of hydrogen-bond donors (Lipinski definition) is 0. The predicted molar refractivity (Wildman–Crippen MR) is 52.1 cm³/mol. The molecule has 0 atom stereocenters. The summed E-state index contributed by atoms with van der Waals surface area (Å²) in [6, 6.07) is 0. The van der Waals surface area contributed by atoms with Crippen LogP contribution < -0.4 is 0 Å². The summed E-state index contributed by atoms with van der Waals surface area (Å²) in [5.74, 6) is 2.13. The van der Waals surface area contributed by atoms with Crippen molar-refractivity contribution in [2.24, 2.45) is 0 Å². The van der Waals surface area contributed by atoms with E-state index in [1.54, 1.807) is 17.8 Å². The Hall–Kier alpha value is -0.240. The highest BCUT2D eigenvalue weighted by Crippen LogP contribution is 2.04. The van der Waals surface area contributed by atoms with Crippen LogP contribution in [0.4, 0.5) is 0 Å². The summed E-state index contributed by atoms with van der Waals surface area (Å²) in [7, 11) is 0. The summed E-state index contributed by atoms with van der Waals surface area (Å²) >= 11 is 1.73. The first-order valence-electron chi connectivity index (χ1n) is 4.01. The van der Waals surface area contributed by atoms with Gasteiger partial charge < -0.3 is 0 Å². The molecule has 0 spiro atoms. The van der Waals surface area contributed by atoms with Crippen LogP contribution in [0, 0.1) is 0 Å². The SMILES string of the molecule is C=CCCC(=O)CSCCC. The maximum atomic E-state index is 11.0. The normalized spacial score (nSPS) is 9.55. The predicted octanol–water partition coefficient (Wildman–Crippen LogP) is 2.66. The molecule has 0 saturated heterocycles. The van der Waals surface area contributed by atoms with Gasteiger partial charge in [0.25, 0.3) is 0 Å². The summed E-state index contributed by atoms with van der Waals surface area (Å²) in [6.07, 6.45) is 4.44. The molecule has 0 fully saturated rings. The third-order valence-corrected chi connectivity index (χ3v) is 2.46. The molecule has 0 N–H and O–H groups in total. The average molecular weight is 172 g/mol. The zero-order valence-electron chi connectivity index (χ0n) is 7.14. The lowest BCUT2D eigenvalue weighted by Crippen LogP contribution is -2.00. The van der Waals surface area contributed by atoms with Crippen molar-refractivity contribution >= 4 is 17.5 Å². The van der Waals surface area contributed by atoms with Crippen LogP contribution >= 0.6 is 11.8 Å². The topological polar surface area (TPSA) is 17.1 Å². The first-order valence-corrected chi connectivity index (χ1v) is 5.17. The van der Waals surface area contributed by atoms with E-state index in [2.05, 4.69) is 13.5 Å². The van der Waals surface area contributed by atoms with E-state index in [4.69, 9.17) is 0 Å². The molecule has 11 heavy (non-hydrogen) atoms. The largest absolute Gasteiger partial charge is 0.299 e. The van der Waals surface area contributed by atoms with Crippen molar-refractivity contribution in [2.45, 2.75) is 26.2 Å². The number of Topliss-reactive ketones (excluding diaryl/α,β-unsaturated/α-hetero) is 1. The van der Waals surface area contributed by atoms with E-state index in [1.165, 1.54) is 0 Å². The molecule has 0 rings (SSSR count). The van der Waals surface area contributed by atoms with Crippen molar-refractivity contribution in [3.8, 4) is 0 Å². The van der Waals surface area contributed by atoms with Crippen molar-refractivity contribution < 1.29 is 4.79 Å². The highest BCUT2D eigenvalue weighted by atomic mass is 32.2. The Morgan fingerprint density at radius 1 is 1.64 bits per heavy atom. The Morgan fingerprint density at radius 2 is 2.36 bits per heavy atom. The maximum absolute atomic E-state index is 11.0. The van der Waals surface area contributed by atoms with Crippen LogP contribution in [-0.4, -0.2) is 17.3 Å². The fraction of sp³-hybridized carbons (Fsp3) is 0.667. The van der Waals surface area contributed by atoms with Crippen LogP contribution in [0.3, 0.4) is 0 Å². The Kier molecular flexibility index (Phi) is 7.69. The lowest BCUT2D eigenvalue weighted by molar-refractivity contribution is -0.116. The van der Waals surface area contributed by atoms with Gasteiger partial charge in [-0.3, -0.25) is 4.79 Å². The third-order valence-electron chi connectivity index (χ3n) is 1.24. The second-order valence-electron chi connectivity index (χ2n) is 2.42. The summed E-state index contributed by atoms with van der Waals surface area (Å²) in [5, 5.41) is 0. The van der Waals surface area contributed by atoms with E-state index in [-0.39, 0.29) is 0 Å². The molecule has 0 aromatic rings. The van der Waals surface area contributed by atoms with Crippen molar-refractivity contribution in [1.82, 2.24) is 0 Å². The van der Waals surface area contributed by atoms with Crippen LogP contribution in [0.15, 0.2) is 12.7 Å². The monoisotopic (exact) mass is 172 g/mol. The molecular weight excluding hydrogens is 156 g/mol. The van der Waals surface area contributed by atoms with Gasteiger partial charge in [-0.2, -0.15) is 11.8 Å². The molecule has 0 radical (unpaired) electrons. The minimum absolute atomic E-state index is 0.350. The molecule has 0 amide bonds. The molecule has 0 heterocycles. The van der Waals surface area contributed by atoms with Gasteiger partial charge in [-0.1, -0.05) is 13.0 Å². The van der Waals surface area contributed by atoms with Crippen LogP contribution in [0.2, 0.25) is 0 Å². The number of ketones is 1. The van der Waals surface area contributed by atoms with E-state index < -0.39 is 0 Å². The lowest BCUT2D eigenvalue weighted by atomic mass is 10.2. The van der Waals surface area contributed by atoms with Crippen molar-refractivity contribution in [3.63, 3.8) is 0 Å². The third kappa shape index (κ3) is 7.66. The molecular formula is C9H16OS. The highest BCUT2D eigenvalue weighted by molar-refractivity contribution is 7.99. The van der Waals surface area contributed by atoms with Gasteiger partial charge in [0.2, 0.25) is 0 Å². The van der Waals surface area contributed by atoms with Crippen LogP contribution in [-0.2, 0) is 4.79 Å². The van der Waals surface area contributed by atoms with Crippen molar-refractivity contribution in [3.05, 3.63) is 12.7 Å². The first-order chi connectivity index (χ1) is 5.31. The Morgan fingerprint density at radius 3 is 2.91 bits per heavy atom. The molecule has 64 valence electrons. The van der Waals surface area contributed by atoms with E-state index >= 15 is 0 Å². The van der Waals surface area contributed by atoms with Crippen LogP contribution in [0.1, 0.15) is 26.2 Å². The smallest absolute Gasteiger partial charge is 0.143 e. The molecule has 0 saturated carbocycles. The number of carbonyl (C=O) groups excluding carboxylic acids is 1. The highest BCUT2D eigenvalue weighted by Gasteiger charge is 1.98. The minimum Gasteiger partial charge on any atom is -0.299 e. The molecule has 0 aliphatic rings. The van der Waals surface area contributed by atoms with Gasteiger partial charge in [-0.15, -0.1) is 6.58 Å². The number of hydrogen-bond acceptors (Lipinski definition) is 2. The van der Waals surface area contributed by atoms with E-state index in [0.29, 0.717) is 18.0 Å². The van der Waals surface area contributed by atoms with E-state index in [0.717, 1.165) is 18.6 Å². The van der Waals surface area contributed by atoms with E-state index in [1.807, 2.05) is 0 Å². The van der Waals surface area contributed by atoms with Gasteiger partial charge >= 0.3 is 0 Å². The quantitative estimate of drug-likeness (QED) is 0.434. The average Bonchev–Trinajstić information content (AvgIpc) is 2.01. The zero-order chi connectivity index (χ0) is 8.53. The van der Waals surface area contributed by atoms with E-state index in [9.17, 15) is 4.79 Å². The molecule has 0 aromatic heterocycles. The van der Waals surface area contributed by atoms with Gasteiger partial charge in [0, 0.05) is 6.42 Å². The van der Waals surface area contributed by atoms with Crippen molar-refractivity contribution in [1.29, 1.82) is 0 Å². The molecule has 2 heteroatoms. The summed E-state index contributed by atoms with van der Waals surface area (Å²) in [4.78, 5) is 11.0. The van der Waals surface area contributed by atoms with Gasteiger partial charge in [-0.05, 0) is 18.6 Å². The molecule has 0 aliphatic heterocycles. The van der Waals surface area contributed by atoms with Gasteiger partial charge in [-0.25, -0.2) is 0 Å². The fourth-order valence-corrected chi connectivity index (χ4v) is 1.47. The molecule has 0 aromatic carbocycles. The van der Waals surface area contributed by atoms with Crippen LogP contribution in [0.25, 0.3) is 0 Å². The van der Waals surface area contributed by atoms with Gasteiger partial charge in [0.15, 0.2) is 0 Å². The minimum atomic E-state index is 0.350. The molecule has 0 aliphatic carbocycles. The zero-order valence-corrected chi connectivity index (χ0v) is 7.95. The molecule has 0 bridgehead atoms. The summed E-state index contributed by atoms with van der Waals surface area (Å²) in [5.41, 5.74) is 0. The van der Waals surface area contributed by atoms with Gasteiger partial charge in [0.1, 0.15) is 5.78 Å². The Labute approximate surface area is 73.3 Å². The Balaban J connectivity index is 3.15. The standard InChI is InChI=1S/C9H16OS/c1-3-5-6-9(10)8-11-7-4-2/h3H,1,4-8H2,2H3. The molecule has 0 unspecified atom stereocenters. The number of thioether (sulfide) groups is 1. The maximum Gasteiger partial charge on any atom is 0.143 e. The number of allylic oxidation sites excluding steroid dienone is 1. The number of carbonyl (C=O) groups is 1. The lowest BCUT2D eigenvalue weighted by Gasteiger charge is -1.96. The summed E-state index contributed by atoms with van der Waals surface area (Å²) < 4.78 is 0. The molecule has 1 nitrogen and oxygen atoms in total. The fourth-order valence-electron chi connectivity index (χ4n) is 0.666. The van der Waals surface area contributed by atoms with Gasteiger partial charge in [0.05, 0.1) is 5.75 Å². The second-order valence-corrected chi connectivity index (χ2v) is 3.52. The first kappa shape index (κ1) is 10.8.